The molecule has 15 nitrogen and oxygen atoms in total. The van der Waals surface area contributed by atoms with Gasteiger partial charge in [-0.2, -0.15) is 0 Å². The number of hydrogen-bond donors (Lipinski definition) is 10. The van der Waals surface area contributed by atoms with Gasteiger partial charge in [0.15, 0.2) is 0 Å². The van der Waals surface area contributed by atoms with Crippen LogP contribution < -0.4 is 0 Å². The molecule has 185 valence electrons. The number of hydrogen-bond acceptors (Lipinski definition) is 10. The van der Waals surface area contributed by atoms with Crippen molar-refractivity contribution in [2.75, 3.05) is 0 Å². The Morgan fingerprint density at radius 2 is 0.419 bits per heavy atom. The molecule has 0 aliphatic heterocycles. The molecule has 31 heavy (non-hydrogen) atoms. The molecule has 0 aromatic rings. The SMILES string of the molecule is CC(O)C(=O)O.CC(O)C(=O)O.CC(O)C(=O)O.CC(O)C(=O)O.CC(O)C(=O)O.[Nb]. The van der Waals surface area contributed by atoms with E-state index in [-0.39, 0.29) is 22.4 Å². The van der Waals surface area contributed by atoms with Gasteiger partial charge in [0.1, 0.15) is 30.5 Å². The Kier molecular flexibility index (Phi) is 35.9. The second kappa shape index (κ2) is 25.9. The van der Waals surface area contributed by atoms with Crippen LogP contribution in [0.1, 0.15) is 34.6 Å². The minimum absolute atomic E-state index is 0. The number of aliphatic hydroxyl groups is 5. The Hall–Kier alpha value is -2.11. The zero-order chi connectivity index (χ0) is 25.8. The van der Waals surface area contributed by atoms with Crippen LogP contribution in [0, 0.1) is 0 Å². The van der Waals surface area contributed by atoms with Crippen LogP contribution in [0.25, 0.3) is 0 Å². The van der Waals surface area contributed by atoms with Crippen molar-refractivity contribution in [2.24, 2.45) is 0 Å². The third-order valence-electron chi connectivity index (χ3n) is 1.79. The quantitative estimate of drug-likeness (QED) is 0.157. The average molecular weight is 543 g/mol. The molecule has 0 saturated heterocycles. The fourth-order valence-electron chi connectivity index (χ4n) is 0. The van der Waals surface area contributed by atoms with E-state index in [4.69, 9.17) is 51.1 Å². The molecule has 0 aliphatic carbocycles. The second-order valence-electron chi connectivity index (χ2n) is 5.07. The van der Waals surface area contributed by atoms with Crippen LogP contribution in [-0.2, 0) is 46.4 Å². The predicted octanol–water partition coefficient (Wildman–Crippen LogP) is -2.74. The number of carbonyl (C=O) groups is 5. The molecule has 0 bridgehead atoms. The summed E-state index contributed by atoms with van der Waals surface area (Å²) in [6, 6.07) is 0. The summed E-state index contributed by atoms with van der Waals surface area (Å²) in [5.74, 6) is -5.93. The molecule has 0 aliphatic rings. The first-order chi connectivity index (χ1) is 13.2. The summed E-state index contributed by atoms with van der Waals surface area (Å²) in [7, 11) is 0. The van der Waals surface area contributed by atoms with Crippen LogP contribution in [0.3, 0.4) is 0 Å². The van der Waals surface area contributed by atoms with Crippen molar-refractivity contribution in [3.05, 3.63) is 0 Å². The van der Waals surface area contributed by atoms with Crippen molar-refractivity contribution in [3.8, 4) is 0 Å². The Morgan fingerprint density at radius 3 is 0.419 bits per heavy atom. The molecule has 10 N–H and O–H groups in total. The van der Waals surface area contributed by atoms with E-state index in [0.717, 1.165) is 0 Å². The van der Waals surface area contributed by atoms with E-state index in [2.05, 4.69) is 0 Å². The topological polar surface area (TPSA) is 288 Å². The van der Waals surface area contributed by atoms with Crippen LogP contribution in [-0.4, -0.2) is 111 Å². The number of aliphatic carboxylic acids is 5. The number of carboxylic acids is 5. The van der Waals surface area contributed by atoms with Gasteiger partial charge in [0, 0.05) is 22.4 Å². The van der Waals surface area contributed by atoms with E-state index >= 15 is 0 Å². The smallest absolute Gasteiger partial charge is 0.332 e. The largest absolute Gasteiger partial charge is 0.479 e. The van der Waals surface area contributed by atoms with Gasteiger partial charge in [-0.05, 0) is 34.6 Å². The van der Waals surface area contributed by atoms with Crippen molar-refractivity contribution < 1.29 is 97.4 Å². The monoisotopic (exact) mass is 543 g/mol. The molecule has 0 rings (SSSR count). The van der Waals surface area contributed by atoms with Crippen LogP contribution in [0.5, 0.6) is 0 Å². The molecule has 0 spiro atoms. The summed E-state index contributed by atoms with van der Waals surface area (Å²) < 4.78 is 0. The van der Waals surface area contributed by atoms with Gasteiger partial charge >= 0.3 is 29.8 Å². The standard InChI is InChI=1S/5C3H6O3.Nb/c5*1-2(4)3(5)6;/h5*2,4H,1H3,(H,5,6);. The summed E-state index contributed by atoms with van der Waals surface area (Å²) in [6.07, 6.45) is -6.16. The molecule has 0 heterocycles. The molecule has 5 unspecified atom stereocenters. The maximum absolute atomic E-state index is 9.45. The first kappa shape index (κ1) is 42.9. The van der Waals surface area contributed by atoms with Crippen LogP contribution in [0.2, 0.25) is 0 Å². The molecule has 0 saturated carbocycles. The molecule has 1 radical (unpaired) electrons. The van der Waals surface area contributed by atoms with E-state index in [1.165, 1.54) is 34.6 Å². The molecule has 0 amide bonds. The molecule has 0 aromatic carbocycles. The maximum atomic E-state index is 9.45. The third-order valence-corrected chi connectivity index (χ3v) is 1.79. The average Bonchev–Trinajstić information content (AvgIpc) is 2.56. The number of rotatable bonds is 5. The van der Waals surface area contributed by atoms with Gasteiger partial charge in [-0.15, -0.1) is 0 Å². The first-order valence-electron chi connectivity index (χ1n) is 7.76. The first-order valence-corrected chi connectivity index (χ1v) is 7.76. The molecular weight excluding hydrogens is 513 g/mol. The molecule has 0 aromatic heterocycles. The Balaban J connectivity index is -0.0000000625. The normalized spacial score (nSPS) is 13.2. The fraction of sp³-hybridized carbons (Fsp3) is 0.667. The van der Waals surface area contributed by atoms with Crippen LogP contribution in [0.15, 0.2) is 0 Å². The van der Waals surface area contributed by atoms with E-state index in [9.17, 15) is 24.0 Å². The summed E-state index contributed by atoms with van der Waals surface area (Å²) >= 11 is 0. The van der Waals surface area contributed by atoms with Gasteiger partial charge in [-0.25, -0.2) is 24.0 Å². The van der Waals surface area contributed by atoms with Crippen molar-refractivity contribution in [2.45, 2.75) is 65.1 Å². The van der Waals surface area contributed by atoms with Crippen LogP contribution >= 0.6 is 0 Å². The molecule has 16 heteroatoms. The van der Waals surface area contributed by atoms with Crippen molar-refractivity contribution in [1.29, 1.82) is 0 Å². The molecular formula is C15H30NbO15. The zero-order valence-electron chi connectivity index (χ0n) is 17.3. The minimum Gasteiger partial charge on any atom is -0.479 e. The van der Waals surface area contributed by atoms with Crippen molar-refractivity contribution in [1.82, 2.24) is 0 Å². The van der Waals surface area contributed by atoms with Gasteiger partial charge in [0.2, 0.25) is 0 Å². The molecule has 0 fully saturated rings. The van der Waals surface area contributed by atoms with Gasteiger partial charge in [-0.1, -0.05) is 0 Å². The molecule has 5 atom stereocenters. The van der Waals surface area contributed by atoms with E-state index in [1.54, 1.807) is 0 Å². The number of carboxylic acid groups (broad SMARTS) is 5. The van der Waals surface area contributed by atoms with Gasteiger partial charge in [0.05, 0.1) is 0 Å². The van der Waals surface area contributed by atoms with E-state index in [1.807, 2.05) is 0 Å². The minimum atomic E-state index is -1.23. The number of aliphatic hydroxyl groups excluding tert-OH is 5. The van der Waals surface area contributed by atoms with E-state index < -0.39 is 60.4 Å². The summed E-state index contributed by atoms with van der Waals surface area (Å²) in [4.78, 5) is 47.2. The Bertz CT molecular complexity index is 396. The van der Waals surface area contributed by atoms with E-state index in [0.29, 0.717) is 0 Å². The predicted molar refractivity (Wildman–Crippen MR) is 96.6 cm³/mol. The fourth-order valence-corrected chi connectivity index (χ4v) is 0. The zero-order valence-corrected chi connectivity index (χ0v) is 19.5. The van der Waals surface area contributed by atoms with Gasteiger partial charge < -0.3 is 51.1 Å². The Labute approximate surface area is 192 Å². The third kappa shape index (κ3) is 58.4. The second-order valence-corrected chi connectivity index (χ2v) is 5.07. The Morgan fingerprint density at radius 1 is 0.387 bits per heavy atom. The van der Waals surface area contributed by atoms with Crippen molar-refractivity contribution >= 4 is 29.8 Å². The summed E-state index contributed by atoms with van der Waals surface area (Å²) in [5.41, 5.74) is 0. The summed E-state index contributed by atoms with van der Waals surface area (Å²) in [6.45, 7) is 5.98. The van der Waals surface area contributed by atoms with Gasteiger partial charge in [0.25, 0.3) is 0 Å². The summed E-state index contributed by atoms with van der Waals surface area (Å²) in [5, 5.41) is 78.9. The van der Waals surface area contributed by atoms with Crippen molar-refractivity contribution in [3.63, 3.8) is 0 Å². The maximum Gasteiger partial charge on any atom is 0.332 e. The van der Waals surface area contributed by atoms with Crippen LogP contribution in [0.4, 0.5) is 0 Å². The van der Waals surface area contributed by atoms with Gasteiger partial charge in [-0.3, -0.25) is 0 Å².